The van der Waals surface area contributed by atoms with Crippen LogP contribution in [0.15, 0.2) is 84.6 Å². The molecule has 0 bridgehead atoms. The molecule has 0 radical (unpaired) electrons. The van der Waals surface area contributed by atoms with Crippen LogP contribution in [-0.2, 0) is 11.2 Å². The molecule has 0 saturated heterocycles. The highest BCUT2D eigenvalue weighted by molar-refractivity contribution is 6.05. The summed E-state index contributed by atoms with van der Waals surface area (Å²) in [6, 6.07) is 24.0. The van der Waals surface area contributed by atoms with Gasteiger partial charge in [-0.2, -0.15) is 0 Å². The minimum absolute atomic E-state index is 0.154. The van der Waals surface area contributed by atoms with Gasteiger partial charge in [-0.25, -0.2) is 0 Å². The number of nitrogens with one attached hydrogen (secondary N) is 2. The molecule has 3 aromatic carbocycles. The van der Waals surface area contributed by atoms with E-state index in [1.807, 2.05) is 36.4 Å². The van der Waals surface area contributed by atoms with Gasteiger partial charge in [-0.1, -0.05) is 54.6 Å². The largest absolute Gasteiger partial charge is 0.454 e. The van der Waals surface area contributed by atoms with Crippen LogP contribution < -0.4 is 20.1 Å². The van der Waals surface area contributed by atoms with Crippen LogP contribution in [0.2, 0.25) is 0 Å². The molecule has 1 aliphatic heterocycles. The first-order valence-electron chi connectivity index (χ1n) is 9.99. The van der Waals surface area contributed by atoms with Crippen LogP contribution in [0.4, 0.5) is 0 Å². The van der Waals surface area contributed by atoms with Crippen LogP contribution in [0.5, 0.6) is 11.5 Å². The zero-order chi connectivity index (χ0) is 21.5. The van der Waals surface area contributed by atoms with Crippen molar-refractivity contribution >= 4 is 17.9 Å². The number of benzene rings is 3. The third kappa shape index (κ3) is 5.30. The zero-order valence-electron chi connectivity index (χ0n) is 16.8. The molecule has 1 heterocycles. The summed E-state index contributed by atoms with van der Waals surface area (Å²) in [6.07, 6.45) is 2.32. The Morgan fingerprint density at radius 3 is 2.35 bits per heavy atom. The Kier molecular flexibility index (Phi) is 6.28. The minimum atomic E-state index is -0.363. The summed E-state index contributed by atoms with van der Waals surface area (Å²) in [7, 11) is 0. The van der Waals surface area contributed by atoms with E-state index in [2.05, 4.69) is 10.6 Å². The number of fused-ring (bicyclic) bond motifs is 1. The van der Waals surface area contributed by atoms with Gasteiger partial charge in [0, 0.05) is 12.1 Å². The highest BCUT2D eigenvalue weighted by Gasteiger charge is 2.16. The van der Waals surface area contributed by atoms with Crippen LogP contribution in [0.3, 0.4) is 0 Å². The quantitative estimate of drug-likeness (QED) is 0.580. The van der Waals surface area contributed by atoms with Gasteiger partial charge in [-0.3, -0.25) is 9.59 Å². The third-order valence-electron chi connectivity index (χ3n) is 4.78. The van der Waals surface area contributed by atoms with Gasteiger partial charge < -0.3 is 20.1 Å². The molecule has 3 aromatic rings. The van der Waals surface area contributed by atoms with Crippen molar-refractivity contribution in [1.82, 2.24) is 10.6 Å². The van der Waals surface area contributed by atoms with Crippen molar-refractivity contribution in [1.29, 1.82) is 0 Å². The van der Waals surface area contributed by atoms with Crippen molar-refractivity contribution in [3.8, 4) is 11.5 Å². The maximum atomic E-state index is 12.9. The molecule has 31 heavy (non-hydrogen) atoms. The van der Waals surface area contributed by atoms with Crippen molar-refractivity contribution < 1.29 is 19.1 Å². The second-order valence-electron chi connectivity index (χ2n) is 6.98. The fourth-order valence-electron chi connectivity index (χ4n) is 3.17. The van der Waals surface area contributed by atoms with Crippen LogP contribution in [0.25, 0.3) is 6.08 Å². The molecular formula is C25H22N2O4. The summed E-state index contributed by atoms with van der Waals surface area (Å²) in [4.78, 5) is 25.5. The lowest BCUT2D eigenvalue weighted by Crippen LogP contribution is -2.35. The average molecular weight is 414 g/mol. The second-order valence-corrected chi connectivity index (χ2v) is 6.98. The molecule has 0 saturated carbocycles. The van der Waals surface area contributed by atoms with E-state index in [0.717, 1.165) is 5.56 Å². The van der Waals surface area contributed by atoms with Crippen molar-refractivity contribution in [3.05, 3.63) is 101 Å². The molecule has 6 nitrogen and oxygen atoms in total. The predicted molar refractivity (Wildman–Crippen MR) is 118 cm³/mol. The molecule has 0 fully saturated rings. The van der Waals surface area contributed by atoms with Gasteiger partial charge >= 0.3 is 0 Å². The van der Waals surface area contributed by atoms with Gasteiger partial charge in [-0.05, 0) is 47.9 Å². The zero-order valence-corrected chi connectivity index (χ0v) is 16.8. The highest BCUT2D eigenvalue weighted by atomic mass is 16.7. The minimum Gasteiger partial charge on any atom is -0.454 e. The molecule has 1 aliphatic rings. The predicted octanol–water partition coefficient (Wildman–Crippen LogP) is 3.55. The second kappa shape index (κ2) is 9.63. The summed E-state index contributed by atoms with van der Waals surface area (Å²) in [5, 5.41) is 5.62. The monoisotopic (exact) mass is 414 g/mol. The fourth-order valence-corrected chi connectivity index (χ4v) is 3.17. The van der Waals surface area contributed by atoms with Gasteiger partial charge in [0.2, 0.25) is 6.79 Å². The maximum absolute atomic E-state index is 12.9. The summed E-state index contributed by atoms with van der Waals surface area (Å²) in [5.41, 5.74) is 2.46. The molecule has 2 N–H and O–H groups in total. The van der Waals surface area contributed by atoms with E-state index in [1.54, 1.807) is 48.5 Å². The molecule has 4 rings (SSSR count). The van der Waals surface area contributed by atoms with Gasteiger partial charge in [0.15, 0.2) is 11.5 Å². The first-order valence-corrected chi connectivity index (χ1v) is 9.99. The molecule has 0 aromatic heterocycles. The lowest BCUT2D eigenvalue weighted by molar-refractivity contribution is -0.117. The third-order valence-corrected chi connectivity index (χ3v) is 4.78. The van der Waals surface area contributed by atoms with Crippen LogP contribution in [-0.4, -0.2) is 25.2 Å². The van der Waals surface area contributed by atoms with E-state index in [9.17, 15) is 9.59 Å². The van der Waals surface area contributed by atoms with E-state index < -0.39 is 0 Å². The number of hydrogen-bond donors (Lipinski definition) is 2. The smallest absolute Gasteiger partial charge is 0.267 e. The number of carbonyl (C=O) groups excluding carboxylic acids is 2. The maximum Gasteiger partial charge on any atom is 0.267 e. The first-order chi connectivity index (χ1) is 15.2. The van der Waals surface area contributed by atoms with E-state index in [-0.39, 0.29) is 24.3 Å². The van der Waals surface area contributed by atoms with E-state index in [0.29, 0.717) is 35.6 Å². The molecule has 156 valence electrons. The van der Waals surface area contributed by atoms with Crippen LogP contribution >= 0.6 is 0 Å². The Labute approximate surface area is 180 Å². The van der Waals surface area contributed by atoms with Crippen molar-refractivity contribution in [2.24, 2.45) is 0 Å². The van der Waals surface area contributed by atoms with E-state index in [4.69, 9.17) is 9.47 Å². The summed E-state index contributed by atoms with van der Waals surface area (Å²) < 4.78 is 10.7. The van der Waals surface area contributed by atoms with Gasteiger partial charge in [0.05, 0.1) is 0 Å². The molecule has 0 aliphatic carbocycles. The Hall–Kier alpha value is -4.06. The van der Waals surface area contributed by atoms with E-state index in [1.165, 1.54) is 0 Å². The van der Waals surface area contributed by atoms with Crippen LogP contribution in [0.1, 0.15) is 21.5 Å². The summed E-state index contributed by atoms with van der Waals surface area (Å²) >= 11 is 0. The number of amides is 2. The Morgan fingerprint density at radius 2 is 1.58 bits per heavy atom. The Morgan fingerprint density at radius 1 is 0.871 bits per heavy atom. The molecule has 0 unspecified atom stereocenters. The average Bonchev–Trinajstić information content (AvgIpc) is 3.28. The molecule has 0 spiro atoms. The van der Waals surface area contributed by atoms with Gasteiger partial charge in [0.1, 0.15) is 5.70 Å². The van der Waals surface area contributed by atoms with Crippen molar-refractivity contribution in [2.75, 3.05) is 13.3 Å². The lowest BCUT2D eigenvalue weighted by atomic mass is 10.1. The number of rotatable bonds is 7. The number of ether oxygens (including phenoxy) is 2. The topological polar surface area (TPSA) is 76.7 Å². The first kappa shape index (κ1) is 20.2. The SMILES string of the molecule is O=C(NCCc1ccccc1)/C(=C/c1ccc2c(c1)OCO2)NC(=O)c1ccccc1. The van der Waals surface area contributed by atoms with Gasteiger partial charge in [-0.15, -0.1) is 0 Å². The fraction of sp³-hybridized carbons (Fsp3) is 0.120. The summed E-state index contributed by atoms with van der Waals surface area (Å²) in [5.74, 6) is 0.537. The molecule has 2 amide bonds. The molecular weight excluding hydrogens is 392 g/mol. The Bertz CT molecular complexity index is 1100. The molecule has 6 heteroatoms. The summed E-state index contributed by atoms with van der Waals surface area (Å²) in [6.45, 7) is 0.614. The number of carbonyl (C=O) groups is 2. The number of hydrogen-bond acceptors (Lipinski definition) is 4. The van der Waals surface area contributed by atoms with Crippen LogP contribution in [0, 0.1) is 0 Å². The standard InChI is InChI=1S/C25H22N2O4/c28-24(20-9-5-2-6-10-20)27-21(15-19-11-12-22-23(16-19)31-17-30-22)25(29)26-14-13-18-7-3-1-4-8-18/h1-12,15-16H,13-14,17H2,(H,26,29)(H,27,28)/b21-15-. The molecule has 0 atom stereocenters. The normalized spacial score (nSPS) is 12.3. The van der Waals surface area contributed by atoms with Crippen molar-refractivity contribution in [2.45, 2.75) is 6.42 Å². The lowest BCUT2D eigenvalue weighted by Gasteiger charge is -2.11. The van der Waals surface area contributed by atoms with Gasteiger partial charge in [0.25, 0.3) is 11.8 Å². The Balaban J connectivity index is 1.51. The van der Waals surface area contributed by atoms with E-state index >= 15 is 0 Å². The van der Waals surface area contributed by atoms with Crippen molar-refractivity contribution in [3.63, 3.8) is 0 Å². The highest BCUT2D eigenvalue weighted by Crippen LogP contribution is 2.33.